The summed E-state index contributed by atoms with van der Waals surface area (Å²) in [6.45, 7) is 6.12. The van der Waals surface area contributed by atoms with Gasteiger partial charge in [0.2, 0.25) is 0 Å². The number of nitrogens with one attached hydrogen (secondary N) is 1. The van der Waals surface area contributed by atoms with Gasteiger partial charge in [0.1, 0.15) is 18.5 Å². The van der Waals surface area contributed by atoms with Gasteiger partial charge in [0.25, 0.3) is 0 Å². The minimum atomic E-state index is -0.631. The first-order valence-electron chi connectivity index (χ1n) is 6.78. The quantitative estimate of drug-likeness (QED) is 0.483. The van der Waals surface area contributed by atoms with E-state index in [0.29, 0.717) is 42.1 Å². The minimum Gasteiger partial charge on any atom is -0.489 e. The van der Waals surface area contributed by atoms with E-state index < -0.39 is 6.10 Å². The molecule has 0 saturated heterocycles. The molecule has 0 aromatic heterocycles. The molecule has 0 radical (unpaired) electrons. The van der Waals surface area contributed by atoms with E-state index in [1.54, 1.807) is 18.2 Å². The normalized spacial score (nSPS) is 12.1. The zero-order chi connectivity index (χ0) is 15.5. The van der Waals surface area contributed by atoms with E-state index in [4.69, 9.17) is 32.7 Å². The van der Waals surface area contributed by atoms with E-state index >= 15 is 0 Å². The first-order chi connectivity index (χ1) is 10.1. The van der Waals surface area contributed by atoms with E-state index in [0.717, 1.165) is 6.42 Å². The maximum atomic E-state index is 9.79. The number of hydrogen-bond donors (Lipinski definition) is 2. The lowest BCUT2D eigenvalue weighted by Gasteiger charge is -2.14. The lowest BCUT2D eigenvalue weighted by molar-refractivity contribution is 0.0994. The van der Waals surface area contributed by atoms with Gasteiger partial charge < -0.3 is 19.9 Å². The second-order valence-corrected chi connectivity index (χ2v) is 5.28. The zero-order valence-electron chi connectivity index (χ0n) is 11.9. The van der Waals surface area contributed by atoms with Crippen LogP contribution in [-0.4, -0.2) is 44.1 Å². The average Bonchev–Trinajstić information content (AvgIpc) is 2.47. The van der Waals surface area contributed by atoms with Crippen LogP contribution in [0.5, 0.6) is 5.75 Å². The fourth-order valence-corrected chi connectivity index (χ4v) is 1.85. The largest absolute Gasteiger partial charge is 0.489 e. The van der Waals surface area contributed by atoms with Crippen molar-refractivity contribution in [3.63, 3.8) is 0 Å². The van der Waals surface area contributed by atoms with Gasteiger partial charge >= 0.3 is 0 Å². The molecule has 118 valence electrons. The topological polar surface area (TPSA) is 50.7 Å². The van der Waals surface area contributed by atoms with E-state index in [2.05, 4.69) is 11.9 Å². The maximum absolute atomic E-state index is 9.79. The lowest BCUT2D eigenvalue weighted by atomic mass is 10.3. The molecule has 0 aliphatic rings. The van der Waals surface area contributed by atoms with Crippen molar-refractivity contribution in [3.8, 4) is 5.75 Å². The predicted octanol–water partition coefficient (Wildman–Crippen LogP) is 2.92. The van der Waals surface area contributed by atoms with Crippen LogP contribution in [0.2, 0.25) is 10.0 Å². The average molecular weight is 334 g/mol. The fraction of sp³-hybridized carbons (Fsp3) is 0.467. The molecule has 0 bridgehead atoms. The molecule has 1 atom stereocenters. The maximum Gasteiger partial charge on any atom is 0.139 e. The van der Waals surface area contributed by atoms with Crippen molar-refractivity contribution in [1.82, 2.24) is 5.32 Å². The number of aliphatic hydroxyl groups excluding tert-OH is 1. The SMILES string of the molecule is C=CCCOCCNCC(O)COc1cc(Cl)ccc1Cl. The molecule has 2 N–H and O–H groups in total. The third-order valence-electron chi connectivity index (χ3n) is 2.59. The number of halogens is 2. The van der Waals surface area contributed by atoms with Gasteiger partial charge in [0, 0.05) is 24.2 Å². The van der Waals surface area contributed by atoms with E-state index in [-0.39, 0.29) is 6.61 Å². The van der Waals surface area contributed by atoms with Crippen molar-refractivity contribution in [2.45, 2.75) is 12.5 Å². The lowest BCUT2D eigenvalue weighted by Crippen LogP contribution is -2.33. The van der Waals surface area contributed by atoms with Crippen LogP contribution in [0.3, 0.4) is 0 Å². The summed E-state index contributed by atoms with van der Waals surface area (Å²) in [4.78, 5) is 0. The second-order valence-electron chi connectivity index (χ2n) is 4.43. The van der Waals surface area contributed by atoms with Gasteiger partial charge in [0.05, 0.1) is 18.2 Å². The molecule has 4 nitrogen and oxygen atoms in total. The summed E-state index contributed by atoms with van der Waals surface area (Å²) < 4.78 is 10.8. The van der Waals surface area contributed by atoms with Gasteiger partial charge in [-0.3, -0.25) is 0 Å². The van der Waals surface area contributed by atoms with Crippen LogP contribution in [0.25, 0.3) is 0 Å². The fourth-order valence-electron chi connectivity index (χ4n) is 1.51. The van der Waals surface area contributed by atoms with Gasteiger partial charge in [0.15, 0.2) is 0 Å². The third kappa shape index (κ3) is 8.29. The van der Waals surface area contributed by atoms with Crippen molar-refractivity contribution in [1.29, 1.82) is 0 Å². The smallest absolute Gasteiger partial charge is 0.139 e. The molecule has 6 heteroatoms. The van der Waals surface area contributed by atoms with Crippen LogP contribution in [0.1, 0.15) is 6.42 Å². The molecule has 1 aromatic carbocycles. The Hall–Kier alpha value is -0.780. The van der Waals surface area contributed by atoms with Crippen molar-refractivity contribution in [3.05, 3.63) is 40.9 Å². The highest BCUT2D eigenvalue weighted by atomic mass is 35.5. The van der Waals surface area contributed by atoms with Gasteiger partial charge in [-0.1, -0.05) is 29.3 Å². The summed E-state index contributed by atoms with van der Waals surface area (Å²) >= 11 is 11.8. The highest BCUT2D eigenvalue weighted by Gasteiger charge is 2.07. The first kappa shape index (κ1) is 18.3. The number of benzene rings is 1. The monoisotopic (exact) mass is 333 g/mol. The molecule has 0 fully saturated rings. The predicted molar refractivity (Wildman–Crippen MR) is 86.5 cm³/mol. The van der Waals surface area contributed by atoms with Gasteiger partial charge in [-0.2, -0.15) is 0 Å². The Kier molecular flexibility index (Phi) is 9.46. The van der Waals surface area contributed by atoms with Crippen molar-refractivity contribution in [2.24, 2.45) is 0 Å². The van der Waals surface area contributed by atoms with Crippen LogP contribution in [0, 0.1) is 0 Å². The number of ether oxygens (including phenoxy) is 2. The Morgan fingerprint density at radius 2 is 2.14 bits per heavy atom. The summed E-state index contributed by atoms with van der Waals surface area (Å²) in [6.07, 6.45) is 2.03. The summed E-state index contributed by atoms with van der Waals surface area (Å²) in [5, 5.41) is 13.9. The number of aliphatic hydroxyl groups is 1. The standard InChI is InChI=1S/C15H21Cl2NO3/c1-2-3-7-20-8-6-18-10-13(19)11-21-15-9-12(16)4-5-14(15)17/h2,4-5,9,13,18-19H,1,3,6-8,10-11H2. The highest BCUT2D eigenvalue weighted by molar-refractivity contribution is 6.34. The molecule has 0 saturated carbocycles. The van der Waals surface area contributed by atoms with E-state index in [1.807, 2.05) is 6.08 Å². The van der Waals surface area contributed by atoms with E-state index in [1.165, 1.54) is 0 Å². The Balaban J connectivity index is 2.12. The number of rotatable bonds is 11. The van der Waals surface area contributed by atoms with E-state index in [9.17, 15) is 5.11 Å². The molecule has 21 heavy (non-hydrogen) atoms. The Morgan fingerprint density at radius 1 is 1.33 bits per heavy atom. The molecule has 1 unspecified atom stereocenters. The first-order valence-corrected chi connectivity index (χ1v) is 7.54. The van der Waals surface area contributed by atoms with Crippen molar-refractivity contribution in [2.75, 3.05) is 32.9 Å². The van der Waals surface area contributed by atoms with Crippen LogP contribution >= 0.6 is 23.2 Å². The summed E-state index contributed by atoms with van der Waals surface area (Å²) in [6, 6.07) is 4.96. The molecular formula is C15H21Cl2NO3. The zero-order valence-corrected chi connectivity index (χ0v) is 13.4. The molecule has 1 aromatic rings. The van der Waals surface area contributed by atoms with Crippen LogP contribution in [0.4, 0.5) is 0 Å². The third-order valence-corrected chi connectivity index (χ3v) is 3.14. The summed E-state index contributed by atoms with van der Waals surface area (Å²) in [5.41, 5.74) is 0. The second kappa shape index (κ2) is 10.9. The Bertz CT molecular complexity index is 429. The number of hydrogen-bond acceptors (Lipinski definition) is 4. The summed E-state index contributed by atoms with van der Waals surface area (Å²) in [7, 11) is 0. The van der Waals surface area contributed by atoms with Gasteiger partial charge in [-0.05, 0) is 18.6 Å². The highest BCUT2D eigenvalue weighted by Crippen LogP contribution is 2.27. The van der Waals surface area contributed by atoms with Crippen LogP contribution in [0.15, 0.2) is 30.9 Å². The molecule has 0 amide bonds. The molecule has 1 rings (SSSR count). The molecule has 0 aliphatic heterocycles. The minimum absolute atomic E-state index is 0.143. The van der Waals surface area contributed by atoms with Crippen LogP contribution in [-0.2, 0) is 4.74 Å². The van der Waals surface area contributed by atoms with Crippen molar-refractivity contribution < 1.29 is 14.6 Å². The van der Waals surface area contributed by atoms with Crippen LogP contribution < -0.4 is 10.1 Å². The Morgan fingerprint density at radius 3 is 2.90 bits per heavy atom. The molecule has 0 spiro atoms. The molecular weight excluding hydrogens is 313 g/mol. The van der Waals surface area contributed by atoms with Gasteiger partial charge in [-0.15, -0.1) is 6.58 Å². The molecule has 0 heterocycles. The van der Waals surface area contributed by atoms with Gasteiger partial charge in [-0.25, -0.2) is 0 Å². The Labute approximate surface area is 135 Å². The summed E-state index contributed by atoms with van der Waals surface area (Å²) in [5.74, 6) is 0.468. The van der Waals surface area contributed by atoms with Crippen molar-refractivity contribution >= 4 is 23.2 Å². The molecule has 0 aliphatic carbocycles.